The topological polar surface area (TPSA) is 104 Å². The van der Waals surface area contributed by atoms with Gasteiger partial charge >= 0.3 is 0 Å². The molecule has 1 saturated heterocycles. The van der Waals surface area contributed by atoms with Gasteiger partial charge in [0.15, 0.2) is 17.3 Å². The average molecular weight is 1630 g/mol. The Morgan fingerprint density at radius 2 is 1.00 bits per heavy atom. The van der Waals surface area contributed by atoms with E-state index in [2.05, 4.69) is 223 Å². The predicted molar refractivity (Wildman–Crippen MR) is 511 cm³/mol. The normalized spacial score (nSPS) is 20.5. The third-order valence-corrected chi connectivity index (χ3v) is 27.0. The van der Waals surface area contributed by atoms with Crippen LogP contribution in [-0.4, -0.2) is 71.9 Å². The minimum atomic E-state index is -1.03. The summed E-state index contributed by atoms with van der Waals surface area (Å²) in [6.07, 6.45) is 70.8. The Morgan fingerprint density at radius 1 is 0.551 bits per heavy atom. The van der Waals surface area contributed by atoms with Crippen LogP contribution in [0.1, 0.15) is 381 Å². The third-order valence-electron chi connectivity index (χ3n) is 27.0. The molecule has 3 aliphatic rings. The van der Waals surface area contributed by atoms with Crippen molar-refractivity contribution in [1.82, 2.24) is 0 Å². The fraction of sp³-hybridized carbons (Fsp3) is 0.664. The van der Waals surface area contributed by atoms with Gasteiger partial charge in [-0.3, -0.25) is 4.79 Å². The lowest BCUT2D eigenvalue weighted by molar-refractivity contribution is -0.214. The van der Waals surface area contributed by atoms with Crippen LogP contribution >= 0.6 is 0 Å². The highest BCUT2D eigenvalue weighted by molar-refractivity contribution is 6.00. The molecule has 8 heteroatoms. The number of aromatic hydroxyl groups is 1. The third kappa shape index (κ3) is 38.7. The van der Waals surface area contributed by atoms with E-state index in [1.807, 2.05) is 19.9 Å². The number of methoxy groups -OCH3 is 2. The maximum absolute atomic E-state index is 15.2. The molecule has 1 fully saturated rings. The molecule has 0 saturated carbocycles. The maximum atomic E-state index is 15.2. The van der Waals surface area contributed by atoms with Crippen molar-refractivity contribution in [3.63, 3.8) is 0 Å². The van der Waals surface area contributed by atoms with E-state index >= 15 is 4.79 Å². The highest BCUT2D eigenvalue weighted by atomic mass is 16.6. The number of carbonyl (C=O) groups excluding carboxylic acids is 1. The molecule has 118 heavy (non-hydrogen) atoms. The predicted octanol–water partition coefficient (Wildman–Crippen LogP) is 31.9. The Balaban J connectivity index is 1.54. The maximum Gasteiger partial charge on any atom is 0.187 e. The van der Waals surface area contributed by atoms with Crippen LogP contribution in [0.2, 0.25) is 0 Å². The number of aryl methyl sites for hydroxylation is 1. The number of carbonyl (C=O) groups is 1. The van der Waals surface area contributed by atoms with Crippen molar-refractivity contribution in [3.05, 3.63) is 196 Å². The number of ketones is 1. The van der Waals surface area contributed by atoms with Crippen molar-refractivity contribution in [2.45, 2.75) is 424 Å². The molecule has 1 aromatic carbocycles. The summed E-state index contributed by atoms with van der Waals surface area (Å²) in [5.74, 6) is 2.94. The molecule has 1 heterocycles. The van der Waals surface area contributed by atoms with Gasteiger partial charge in [-0.2, -0.15) is 0 Å². The fourth-order valence-corrected chi connectivity index (χ4v) is 17.6. The Morgan fingerprint density at radius 3 is 1.48 bits per heavy atom. The molecular weight excluding hydrogens is 1450 g/mol. The molecule has 11 unspecified atom stereocenters. The first kappa shape index (κ1) is 105. The monoisotopic (exact) mass is 1630 g/mol. The van der Waals surface area contributed by atoms with Crippen molar-refractivity contribution in [1.29, 1.82) is 0 Å². The summed E-state index contributed by atoms with van der Waals surface area (Å²) in [4.78, 5) is 15.2. The molecule has 1 aliphatic heterocycles. The molecule has 0 spiro atoms. The van der Waals surface area contributed by atoms with Crippen LogP contribution in [0.3, 0.4) is 0 Å². The number of hydrogen-bond donors (Lipinski definition) is 2. The smallest absolute Gasteiger partial charge is 0.187 e. The zero-order valence-electron chi connectivity index (χ0n) is 79.7. The van der Waals surface area contributed by atoms with Crippen LogP contribution in [0.25, 0.3) is 0 Å². The second-order valence-electron chi connectivity index (χ2n) is 38.9. The van der Waals surface area contributed by atoms with Crippen LogP contribution in [-0.2, 0) is 25.4 Å². The summed E-state index contributed by atoms with van der Waals surface area (Å²) in [6, 6.07) is 3.66. The molecule has 4 rings (SSSR count). The number of rotatable bonds is 61. The highest BCUT2D eigenvalue weighted by Gasteiger charge is 2.49. The molecule has 1 aromatic rings. The first-order chi connectivity index (χ1) is 56.0. The lowest BCUT2D eigenvalue weighted by Gasteiger charge is -2.44. The Hall–Kier alpha value is -5.77. The highest BCUT2D eigenvalue weighted by Crippen LogP contribution is 2.46. The molecule has 11 atom stereocenters. The molecule has 2 aliphatic carbocycles. The zero-order valence-corrected chi connectivity index (χ0v) is 79.7. The van der Waals surface area contributed by atoms with Gasteiger partial charge in [0, 0.05) is 11.6 Å². The molecule has 0 aromatic heterocycles. The van der Waals surface area contributed by atoms with Gasteiger partial charge in [0.25, 0.3) is 0 Å². The Kier molecular flexibility index (Phi) is 49.1. The van der Waals surface area contributed by atoms with E-state index in [9.17, 15) is 10.2 Å². The average Bonchev–Trinajstić information content (AvgIpc) is 0.854. The summed E-state index contributed by atoms with van der Waals surface area (Å²) in [5, 5.41) is 23.2. The molecular formula is C110H176O8. The summed E-state index contributed by atoms with van der Waals surface area (Å²) < 4.78 is 33.7. The minimum Gasteiger partial charge on any atom is -0.504 e. The van der Waals surface area contributed by atoms with E-state index in [0.29, 0.717) is 30.4 Å². The number of aliphatic hydroxyl groups is 1. The number of unbranched alkanes of at least 4 members (excludes halogenated alkanes) is 20. The molecule has 0 radical (unpaired) electrons. The summed E-state index contributed by atoms with van der Waals surface area (Å²) >= 11 is 0. The summed E-state index contributed by atoms with van der Waals surface area (Å²) in [5.41, 5.74) is 13.6. The molecule has 2 N–H and O–H groups in total. The van der Waals surface area contributed by atoms with Crippen LogP contribution in [0.4, 0.5) is 0 Å². The van der Waals surface area contributed by atoms with Crippen LogP contribution in [0.5, 0.6) is 17.2 Å². The van der Waals surface area contributed by atoms with Crippen molar-refractivity contribution in [2.24, 2.45) is 34.5 Å². The largest absolute Gasteiger partial charge is 0.504 e. The van der Waals surface area contributed by atoms with Gasteiger partial charge in [-0.1, -0.05) is 359 Å². The summed E-state index contributed by atoms with van der Waals surface area (Å²) in [7, 11) is 3.23. The zero-order chi connectivity index (χ0) is 87.4. The Bertz CT molecular complexity index is 3570. The second-order valence-corrected chi connectivity index (χ2v) is 38.9. The molecule has 664 valence electrons. The van der Waals surface area contributed by atoms with E-state index < -0.39 is 17.3 Å². The van der Waals surface area contributed by atoms with Crippen LogP contribution < -0.4 is 9.47 Å². The minimum absolute atomic E-state index is 0.0806. The lowest BCUT2D eigenvalue weighted by atomic mass is 9.70. The first-order valence-electron chi connectivity index (χ1n) is 47.3. The standard InChI is InChI=1S/C110H176O8/c1-26-27-28-42-46-61-99(116-102-80-108(20,21)98(94(17)105(102)111)70-64-86(9)58-51-56-84(7)54-49-48-53-83(6)55-50-57-85(8)63-69-97-93(16)59-52-75-107(97,18)19)100(62-47-44-41-39-37-35-33-31-29-30-32-34-36-38-40-43-45-60-95-78-96(114-24)79-101(115-25)106(95)112)118-110(23,77-74-92(15)90(13)68-66-88(11)82(4)5)104-72-71-103(117-104)109(22,113)76-73-91(14)89(12)67-65-87(10)81(2)3/h48-51,53-58,63-64,69-70,78-79,87-88,91-92,99-100,102-104,112-113H,2,4,12-13,26-47,52,59-62,65-68,71-77,80H2,1,3,5-11,14-25H3. The van der Waals surface area contributed by atoms with Gasteiger partial charge in [-0.05, 0) is 242 Å². The summed E-state index contributed by atoms with van der Waals surface area (Å²) in [6.45, 7) is 60.0. The molecule has 0 amide bonds. The van der Waals surface area contributed by atoms with E-state index in [0.717, 1.165) is 143 Å². The van der Waals surface area contributed by atoms with E-state index in [-0.39, 0.29) is 58.6 Å². The number of allylic oxidation sites excluding steroid dienone is 25. The number of Topliss-reactive ketones (excluding diaryl/α,β-unsaturated/α-hetero) is 1. The fourth-order valence-electron chi connectivity index (χ4n) is 17.6. The quantitative estimate of drug-likeness (QED) is 0.0378. The van der Waals surface area contributed by atoms with Crippen molar-refractivity contribution < 1.29 is 38.7 Å². The van der Waals surface area contributed by atoms with Gasteiger partial charge in [0.2, 0.25) is 0 Å². The van der Waals surface area contributed by atoms with Crippen LogP contribution in [0.15, 0.2) is 190 Å². The van der Waals surface area contributed by atoms with Gasteiger partial charge in [-0.25, -0.2) is 0 Å². The van der Waals surface area contributed by atoms with Gasteiger partial charge in [-0.15, -0.1) is 0 Å². The molecule has 0 bridgehead atoms. The lowest BCUT2D eigenvalue weighted by Crippen LogP contribution is -2.51. The van der Waals surface area contributed by atoms with Crippen molar-refractivity contribution in [2.75, 3.05) is 14.2 Å². The van der Waals surface area contributed by atoms with Crippen molar-refractivity contribution >= 4 is 5.78 Å². The first-order valence-corrected chi connectivity index (χ1v) is 47.3. The Labute approximate surface area is 725 Å². The second kappa shape index (κ2) is 55.4. The van der Waals surface area contributed by atoms with Crippen molar-refractivity contribution in [3.8, 4) is 17.2 Å². The van der Waals surface area contributed by atoms with Gasteiger partial charge < -0.3 is 33.9 Å². The van der Waals surface area contributed by atoms with Gasteiger partial charge in [0.1, 0.15) is 11.9 Å². The van der Waals surface area contributed by atoms with Gasteiger partial charge in [0.05, 0.1) is 49.8 Å². The number of hydrogen-bond acceptors (Lipinski definition) is 8. The number of benzene rings is 1. The number of phenols is 1. The number of ether oxygens (including phenoxy) is 5. The van der Waals surface area contributed by atoms with E-state index in [1.54, 1.807) is 20.3 Å². The molecule has 8 nitrogen and oxygen atoms in total. The number of phenolic OH excluding ortho intramolecular Hbond substituents is 1. The van der Waals surface area contributed by atoms with E-state index in [4.69, 9.17) is 30.3 Å². The van der Waals surface area contributed by atoms with E-state index in [1.165, 1.54) is 173 Å². The van der Waals surface area contributed by atoms with Crippen LogP contribution in [0, 0.1) is 34.5 Å². The SMILES string of the molecule is C=C(C)C(C)CCC(=C)C(C)CCC(C)(O)C1CCC(C(C)(CCC(C)C(=C)CCC(C)C(=C)C)OC(CCCCCCCCCCCCCCCCCCCc2cc(OC)cc(OC)c2O)C(CCCCCCC)OC2CC(C)(C)C(C=CC(C)=CC=CC(C)=CC=CC=C(C)C=CC=C(C)C=CC3=C(C)CCCC3(C)C)=C(C)C2=O)O1.